The van der Waals surface area contributed by atoms with Gasteiger partial charge in [-0.15, -0.1) is 0 Å². The zero-order valence-corrected chi connectivity index (χ0v) is 18.0. The Morgan fingerprint density at radius 3 is 2.83 bits per heavy atom. The van der Waals surface area contributed by atoms with E-state index in [0.29, 0.717) is 35.0 Å². The van der Waals surface area contributed by atoms with Crippen LogP contribution in [-0.2, 0) is 4.79 Å². The first kappa shape index (κ1) is 20.4. The number of rotatable bonds is 5. The number of nitrogens with one attached hydrogen (secondary N) is 1. The number of nitrogens with zero attached hydrogens (tertiary/aromatic N) is 2. The second-order valence-electron chi connectivity index (χ2n) is 6.99. The highest BCUT2D eigenvalue weighted by molar-refractivity contribution is 7.99. The molecule has 2 aromatic carbocycles. The zero-order chi connectivity index (χ0) is 21.1. The zero-order valence-electron chi connectivity index (χ0n) is 16.4. The maximum Gasteiger partial charge on any atom is 0.261 e. The van der Waals surface area contributed by atoms with Crippen LogP contribution in [0.3, 0.4) is 0 Å². The van der Waals surface area contributed by atoms with E-state index in [0.717, 1.165) is 21.8 Å². The molecule has 2 heterocycles. The molecular weight excluding hydrogens is 418 g/mol. The van der Waals surface area contributed by atoms with Crippen LogP contribution in [0.4, 0.5) is 11.4 Å². The highest BCUT2D eigenvalue weighted by Gasteiger charge is 2.27. The molecule has 1 aliphatic rings. The van der Waals surface area contributed by atoms with E-state index < -0.39 is 0 Å². The van der Waals surface area contributed by atoms with Gasteiger partial charge in [0.1, 0.15) is 5.03 Å². The van der Waals surface area contributed by atoms with Crippen LogP contribution in [0.15, 0.2) is 70.7 Å². The molecule has 1 aliphatic heterocycles. The normalized spacial score (nSPS) is 12.7. The van der Waals surface area contributed by atoms with Crippen LogP contribution in [0.2, 0.25) is 5.02 Å². The molecule has 0 saturated carbocycles. The van der Waals surface area contributed by atoms with Gasteiger partial charge in [0, 0.05) is 34.8 Å². The van der Waals surface area contributed by atoms with Gasteiger partial charge in [-0.1, -0.05) is 35.5 Å². The molecule has 0 fully saturated rings. The quantitative estimate of drug-likeness (QED) is 0.566. The maximum absolute atomic E-state index is 13.2. The summed E-state index contributed by atoms with van der Waals surface area (Å²) in [5, 5.41) is 4.26. The predicted octanol–water partition coefficient (Wildman–Crippen LogP) is 5.57. The standard InChI is InChI=1S/C23H20ClN3O2S/c1-15-14-16(24)10-11-18(15)26-21(28)9-5-13-27-19-7-2-3-8-20(19)30-22-17(23(27)29)6-4-12-25-22/h2-4,6-8,10-12,14H,5,9,13H2,1H3,(H,26,28). The Morgan fingerprint density at radius 1 is 1.17 bits per heavy atom. The lowest BCUT2D eigenvalue weighted by Crippen LogP contribution is -2.32. The fourth-order valence-electron chi connectivity index (χ4n) is 3.36. The minimum absolute atomic E-state index is 0.0904. The van der Waals surface area contributed by atoms with Gasteiger partial charge in [0.2, 0.25) is 5.91 Å². The van der Waals surface area contributed by atoms with Gasteiger partial charge in [-0.2, -0.15) is 0 Å². The number of pyridine rings is 1. The Labute approximate surface area is 184 Å². The SMILES string of the molecule is Cc1cc(Cl)ccc1NC(=O)CCCN1C(=O)c2cccnc2Sc2ccccc21. The summed E-state index contributed by atoms with van der Waals surface area (Å²) in [5.41, 5.74) is 3.09. The van der Waals surface area contributed by atoms with Gasteiger partial charge in [0.15, 0.2) is 0 Å². The first-order valence-electron chi connectivity index (χ1n) is 9.63. The number of aryl methyl sites for hydroxylation is 1. The van der Waals surface area contributed by atoms with Gasteiger partial charge in [0.25, 0.3) is 5.91 Å². The van der Waals surface area contributed by atoms with Gasteiger partial charge in [-0.05, 0) is 61.4 Å². The average Bonchev–Trinajstić information content (AvgIpc) is 2.85. The van der Waals surface area contributed by atoms with Crippen molar-refractivity contribution in [1.29, 1.82) is 0 Å². The molecular formula is C23H20ClN3O2S. The van der Waals surface area contributed by atoms with Crippen molar-refractivity contribution < 1.29 is 9.59 Å². The second kappa shape index (κ2) is 8.90. The number of carbonyl (C=O) groups excluding carboxylic acids is 2. The Balaban J connectivity index is 1.47. The molecule has 7 heteroatoms. The lowest BCUT2D eigenvalue weighted by molar-refractivity contribution is -0.116. The van der Waals surface area contributed by atoms with Crippen molar-refractivity contribution in [3.8, 4) is 0 Å². The molecule has 0 atom stereocenters. The number of hydrogen-bond donors (Lipinski definition) is 1. The van der Waals surface area contributed by atoms with Crippen molar-refractivity contribution >= 4 is 46.6 Å². The summed E-state index contributed by atoms with van der Waals surface area (Å²) < 4.78 is 0. The van der Waals surface area contributed by atoms with Crippen LogP contribution >= 0.6 is 23.4 Å². The van der Waals surface area contributed by atoms with Crippen molar-refractivity contribution in [2.24, 2.45) is 0 Å². The van der Waals surface area contributed by atoms with Gasteiger partial charge in [0.05, 0.1) is 11.3 Å². The van der Waals surface area contributed by atoms with Crippen molar-refractivity contribution in [2.45, 2.75) is 29.7 Å². The fourth-order valence-corrected chi connectivity index (χ4v) is 4.60. The number of hydrogen-bond acceptors (Lipinski definition) is 4. The summed E-state index contributed by atoms with van der Waals surface area (Å²) in [6.07, 6.45) is 2.54. The van der Waals surface area contributed by atoms with E-state index in [-0.39, 0.29) is 11.8 Å². The summed E-state index contributed by atoms with van der Waals surface area (Å²) in [5.74, 6) is -0.183. The third-order valence-corrected chi connectivity index (χ3v) is 6.18. The number of carbonyl (C=O) groups is 2. The number of benzene rings is 2. The molecule has 0 aliphatic carbocycles. The van der Waals surface area contributed by atoms with E-state index in [1.807, 2.05) is 37.3 Å². The number of anilines is 2. The smallest absolute Gasteiger partial charge is 0.261 e. The molecule has 0 spiro atoms. The number of aromatic nitrogens is 1. The first-order valence-corrected chi connectivity index (χ1v) is 10.8. The molecule has 0 saturated heterocycles. The number of fused-ring (bicyclic) bond motifs is 2. The molecule has 30 heavy (non-hydrogen) atoms. The van der Waals surface area contributed by atoms with Gasteiger partial charge in [-0.25, -0.2) is 4.98 Å². The molecule has 152 valence electrons. The van der Waals surface area contributed by atoms with Crippen molar-refractivity contribution in [2.75, 3.05) is 16.8 Å². The highest BCUT2D eigenvalue weighted by Crippen LogP contribution is 2.40. The maximum atomic E-state index is 13.2. The molecule has 0 unspecified atom stereocenters. The van der Waals surface area contributed by atoms with E-state index in [1.165, 1.54) is 11.8 Å². The van der Waals surface area contributed by atoms with E-state index >= 15 is 0 Å². The summed E-state index contributed by atoms with van der Waals surface area (Å²) in [4.78, 5) is 32.7. The molecule has 2 amide bonds. The fraction of sp³-hybridized carbons (Fsp3) is 0.174. The Hall–Kier alpha value is -2.83. The van der Waals surface area contributed by atoms with E-state index in [2.05, 4.69) is 10.3 Å². The first-order chi connectivity index (χ1) is 14.5. The minimum atomic E-state index is -0.0931. The van der Waals surface area contributed by atoms with Crippen molar-refractivity contribution in [3.63, 3.8) is 0 Å². The van der Waals surface area contributed by atoms with Gasteiger partial charge < -0.3 is 10.2 Å². The molecule has 3 aromatic rings. The van der Waals surface area contributed by atoms with Crippen molar-refractivity contribution in [1.82, 2.24) is 4.98 Å². The van der Waals surface area contributed by atoms with Gasteiger partial charge >= 0.3 is 0 Å². The predicted molar refractivity (Wildman–Crippen MR) is 121 cm³/mol. The van der Waals surface area contributed by atoms with Crippen molar-refractivity contribution in [3.05, 3.63) is 76.9 Å². The monoisotopic (exact) mass is 437 g/mol. The lowest BCUT2D eigenvalue weighted by Gasteiger charge is -2.22. The highest BCUT2D eigenvalue weighted by atomic mass is 35.5. The van der Waals surface area contributed by atoms with E-state index in [1.54, 1.807) is 35.4 Å². The Bertz CT molecular complexity index is 1120. The molecule has 4 rings (SSSR count). The number of amides is 2. The van der Waals surface area contributed by atoms with Crippen LogP contribution in [0, 0.1) is 6.92 Å². The number of para-hydroxylation sites is 1. The van der Waals surface area contributed by atoms with E-state index in [4.69, 9.17) is 11.6 Å². The minimum Gasteiger partial charge on any atom is -0.326 e. The molecule has 0 bridgehead atoms. The van der Waals surface area contributed by atoms with Crippen LogP contribution in [-0.4, -0.2) is 23.3 Å². The molecule has 5 nitrogen and oxygen atoms in total. The molecule has 1 aromatic heterocycles. The summed E-state index contributed by atoms with van der Waals surface area (Å²) in [7, 11) is 0. The third-order valence-electron chi connectivity index (χ3n) is 4.86. The topological polar surface area (TPSA) is 62.3 Å². The van der Waals surface area contributed by atoms with Crippen LogP contribution in [0.25, 0.3) is 0 Å². The summed E-state index contributed by atoms with van der Waals surface area (Å²) >= 11 is 7.46. The lowest BCUT2D eigenvalue weighted by atomic mass is 10.1. The summed E-state index contributed by atoms with van der Waals surface area (Å²) in [6, 6.07) is 16.7. The van der Waals surface area contributed by atoms with Crippen LogP contribution in [0.5, 0.6) is 0 Å². The van der Waals surface area contributed by atoms with Crippen LogP contribution in [0.1, 0.15) is 28.8 Å². The molecule has 1 N–H and O–H groups in total. The third kappa shape index (κ3) is 4.35. The molecule has 0 radical (unpaired) electrons. The Kier molecular flexibility index (Phi) is 6.06. The van der Waals surface area contributed by atoms with Gasteiger partial charge in [-0.3, -0.25) is 9.59 Å². The number of halogens is 1. The summed E-state index contributed by atoms with van der Waals surface area (Å²) in [6.45, 7) is 2.34. The van der Waals surface area contributed by atoms with Crippen LogP contribution < -0.4 is 10.2 Å². The Morgan fingerprint density at radius 2 is 2.00 bits per heavy atom. The second-order valence-corrected chi connectivity index (χ2v) is 8.46. The average molecular weight is 438 g/mol. The van der Waals surface area contributed by atoms with E-state index in [9.17, 15) is 9.59 Å². The largest absolute Gasteiger partial charge is 0.326 e.